The normalized spacial score (nSPS) is 10.2. The van der Waals surface area contributed by atoms with Gasteiger partial charge in [-0.25, -0.2) is 4.79 Å². The summed E-state index contributed by atoms with van der Waals surface area (Å²) >= 11 is 1.85. The molecule has 0 bridgehead atoms. The van der Waals surface area contributed by atoms with Crippen LogP contribution in [0.3, 0.4) is 0 Å². The van der Waals surface area contributed by atoms with Crippen molar-refractivity contribution in [2.75, 3.05) is 19.0 Å². The van der Waals surface area contributed by atoms with Gasteiger partial charge in [0.2, 0.25) is 0 Å². The third-order valence-electron chi connectivity index (χ3n) is 2.88. The summed E-state index contributed by atoms with van der Waals surface area (Å²) in [5.41, 5.74) is 1.77. The van der Waals surface area contributed by atoms with Crippen LogP contribution in [-0.2, 0) is 10.5 Å². The molecule has 0 aliphatic carbocycles. The van der Waals surface area contributed by atoms with E-state index in [1.807, 2.05) is 30.0 Å². The molecule has 1 aromatic heterocycles. The van der Waals surface area contributed by atoms with Gasteiger partial charge in [0.05, 0.1) is 11.8 Å². The average molecular weight is 317 g/mol. The van der Waals surface area contributed by atoms with Gasteiger partial charge in [-0.05, 0) is 35.6 Å². The summed E-state index contributed by atoms with van der Waals surface area (Å²) < 4.78 is 10.6. The molecular formula is C17H19NO3S. The summed E-state index contributed by atoms with van der Waals surface area (Å²) in [6.45, 7) is 2.65. The number of benzene rings is 1. The Bertz CT molecular complexity index is 572. The van der Waals surface area contributed by atoms with Crippen LogP contribution in [0.4, 0.5) is 0 Å². The molecule has 22 heavy (non-hydrogen) atoms. The lowest BCUT2D eigenvalue weighted by Gasteiger charge is -2.07. The molecule has 0 aliphatic heterocycles. The van der Waals surface area contributed by atoms with Crippen LogP contribution in [0.5, 0.6) is 5.75 Å². The van der Waals surface area contributed by atoms with E-state index in [9.17, 15) is 4.79 Å². The second-order valence-corrected chi connectivity index (χ2v) is 5.78. The van der Waals surface area contributed by atoms with Crippen LogP contribution in [0.25, 0.3) is 0 Å². The van der Waals surface area contributed by atoms with Gasteiger partial charge >= 0.3 is 5.97 Å². The fourth-order valence-electron chi connectivity index (χ4n) is 1.77. The van der Waals surface area contributed by atoms with E-state index in [-0.39, 0.29) is 12.6 Å². The third-order valence-corrected chi connectivity index (χ3v) is 3.83. The molecule has 116 valence electrons. The smallest absolute Gasteiger partial charge is 0.338 e. The standard InChI is InChI=1S/C17H19NO3S/c1-2-22-13-14-5-7-15(8-6-14)17(19)21-11-10-20-16-4-3-9-18-12-16/h3-9,12H,2,10-11,13H2,1H3. The van der Waals surface area contributed by atoms with Crippen LogP contribution in [0, 0.1) is 0 Å². The van der Waals surface area contributed by atoms with E-state index in [1.54, 1.807) is 30.6 Å². The molecule has 4 nitrogen and oxygen atoms in total. The number of nitrogens with zero attached hydrogens (tertiary/aromatic N) is 1. The minimum Gasteiger partial charge on any atom is -0.488 e. The molecule has 2 rings (SSSR count). The SMILES string of the molecule is CCSCc1ccc(C(=O)OCCOc2cccnc2)cc1. The third kappa shape index (κ3) is 5.41. The molecule has 0 amide bonds. The van der Waals surface area contributed by atoms with Gasteiger partial charge in [-0.3, -0.25) is 4.98 Å². The minimum atomic E-state index is -0.329. The molecule has 1 heterocycles. The van der Waals surface area contributed by atoms with Crippen LogP contribution in [0.1, 0.15) is 22.8 Å². The number of esters is 1. The van der Waals surface area contributed by atoms with E-state index in [0.29, 0.717) is 17.9 Å². The molecule has 0 radical (unpaired) electrons. The molecule has 0 aliphatic rings. The number of rotatable bonds is 8. The highest BCUT2D eigenvalue weighted by Crippen LogP contribution is 2.13. The molecule has 2 aromatic rings. The lowest BCUT2D eigenvalue weighted by molar-refractivity contribution is 0.0450. The average Bonchev–Trinajstić information content (AvgIpc) is 2.58. The van der Waals surface area contributed by atoms with Gasteiger partial charge in [-0.1, -0.05) is 19.1 Å². The van der Waals surface area contributed by atoms with Gasteiger partial charge < -0.3 is 9.47 Å². The summed E-state index contributed by atoms with van der Waals surface area (Å²) in [5, 5.41) is 0. The Morgan fingerprint density at radius 2 is 2.00 bits per heavy atom. The number of thioether (sulfide) groups is 1. The van der Waals surface area contributed by atoms with Gasteiger partial charge in [0, 0.05) is 11.9 Å². The van der Waals surface area contributed by atoms with Gasteiger partial charge in [0.1, 0.15) is 19.0 Å². The van der Waals surface area contributed by atoms with Crippen molar-refractivity contribution in [2.45, 2.75) is 12.7 Å². The summed E-state index contributed by atoms with van der Waals surface area (Å²) in [5.74, 6) is 2.38. The maximum absolute atomic E-state index is 11.9. The van der Waals surface area contributed by atoms with Crippen LogP contribution < -0.4 is 4.74 Å². The fraction of sp³-hybridized carbons (Fsp3) is 0.294. The minimum absolute atomic E-state index is 0.209. The van der Waals surface area contributed by atoms with E-state index in [4.69, 9.17) is 9.47 Å². The molecule has 0 saturated carbocycles. The molecule has 0 N–H and O–H groups in total. The van der Waals surface area contributed by atoms with E-state index >= 15 is 0 Å². The number of pyridine rings is 1. The number of hydrogen-bond donors (Lipinski definition) is 0. The van der Waals surface area contributed by atoms with E-state index in [1.165, 1.54) is 5.56 Å². The summed E-state index contributed by atoms with van der Waals surface area (Å²) in [6.07, 6.45) is 3.30. The zero-order chi connectivity index (χ0) is 15.6. The maximum Gasteiger partial charge on any atom is 0.338 e. The first-order valence-corrected chi connectivity index (χ1v) is 8.31. The number of aromatic nitrogens is 1. The first-order valence-electron chi connectivity index (χ1n) is 7.16. The van der Waals surface area contributed by atoms with Crippen molar-refractivity contribution in [3.05, 3.63) is 59.9 Å². The lowest BCUT2D eigenvalue weighted by atomic mass is 10.1. The highest BCUT2D eigenvalue weighted by Gasteiger charge is 2.07. The Morgan fingerprint density at radius 1 is 1.18 bits per heavy atom. The zero-order valence-corrected chi connectivity index (χ0v) is 13.3. The van der Waals surface area contributed by atoms with Crippen molar-refractivity contribution in [2.24, 2.45) is 0 Å². The second kappa shape index (κ2) is 9.10. The van der Waals surface area contributed by atoms with Crippen molar-refractivity contribution in [1.82, 2.24) is 4.98 Å². The first-order chi connectivity index (χ1) is 10.8. The topological polar surface area (TPSA) is 48.4 Å². The van der Waals surface area contributed by atoms with Crippen molar-refractivity contribution >= 4 is 17.7 Å². The molecule has 5 heteroatoms. The Morgan fingerprint density at radius 3 is 2.68 bits per heavy atom. The highest BCUT2D eigenvalue weighted by atomic mass is 32.2. The molecule has 1 aromatic carbocycles. The Labute approximate surface area is 134 Å². The Kier molecular flexibility index (Phi) is 6.77. The van der Waals surface area contributed by atoms with E-state index in [2.05, 4.69) is 11.9 Å². The number of ether oxygens (including phenoxy) is 2. The molecule has 0 spiro atoms. The predicted molar refractivity (Wildman–Crippen MR) is 88.3 cm³/mol. The predicted octanol–water partition coefficient (Wildman–Crippen LogP) is 3.57. The Balaban J connectivity index is 1.72. The molecule has 0 saturated heterocycles. The van der Waals surface area contributed by atoms with Crippen molar-refractivity contribution < 1.29 is 14.3 Å². The fourth-order valence-corrected chi connectivity index (χ4v) is 2.40. The Hall–Kier alpha value is -2.01. The van der Waals surface area contributed by atoms with Crippen LogP contribution in [-0.4, -0.2) is 29.9 Å². The largest absolute Gasteiger partial charge is 0.488 e. The quantitative estimate of drug-likeness (QED) is 0.550. The van der Waals surface area contributed by atoms with Crippen molar-refractivity contribution in [3.63, 3.8) is 0 Å². The molecule has 0 fully saturated rings. The van der Waals surface area contributed by atoms with Gasteiger partial charge in [0.25, 0.3) is 0 Å². The monoisotopic (exact) mass is 317 g/mol. The maximum atomic E-state index is 11.9. The molecule has 0 atom stereocenters. The van der Waals surface area contributed by atoms with Gasteiger partial charge in [0.15, 0.2) is 0 Å². The van der Waals surface area contributed by atoms with Crippen molar-refractivity contribution in [3.8, 4) is 5.75 Å². The van der Waals surface area contributed by atoms with E-state index < -0.39 is 0 Å². The van der Waals surface area contributed by atoms with Crippen molar-refractivity contribution in [1.29, 1.82) is 0 Å². The van der Waals surface area contributed by atoms with Crippen LogP contribution >= 0.6 is 11.8 Å². The highest BCUT2D eigenvalue weighted by molar-refractivity contribution is 7.98. The lowest BCUT2D eigenvalue weighted by Crippen LogP contribution is -2.12. The zero-order valence-electron chi connectivity index (χ0n) is 12.5. The van der Waals surface area contributed by atoms with Crippen LogP contribution in [0.2, 0.25) is 0 Å². The number of hydrogen-bond acceptors (Lipinski definition) is 5. The summed E-state index contributed by atoms with van der Waals surface area (Å²) in [7, 11) is 0. The van der Waals surface area contributed by atoms with Gasteiger partial charge in [-0.2, -0.15) is 11.8 Å². The number of carbonyl (C=O) groups is 1. The van der Waals surface area contributed by atoms with Crippen LogP contribution in [0.15, 0.2) is 48.8 Å². The first kappa shape index (κ1) is 16.4. The summed E-state index contributed by atoms with van der Waals surface area (Å²) in [4.78, 5) is 15.8. The molecule has 0 unspecified atom stereocenters. The van der Waals surface area contributed by atoms with E-state index in [0.717, 1.165) is 11.5 Å². The van der Waals surface area contributed by atoms with Gasteiger partial charge in [-0.15, -0.1) is 0 Å². The molecular weight excluding hydrogens is 298 g/mol. The number of carbonyl (C=O) groups excluding carboxylic acids is 1. The summed E-state index contributed by atoms with van der Waals surface area (Å²) in [6, 6.07) is 11.1. The second-order valence-electron chi connectivity index (χ2n) is 4.51.